The van der Waals surface area contributed by atoms with E-state index in [1.54, 1.807) is 0 Å². The lowest BCUT2D eigenvalue weighted by Crippen LogP contribution is -2.10. The maximum Gasteiger partial charge on any atom is 0.161 e. The molecule has 0 spiro atoms. The molecule has 0 heterocycles. The zero-order valence-corrected chi connectivity index (χ0v) is 10.7. The number of ether oxygens (including phenoxy) is 2. The van der Waals surface area contributed by atoms with Crippen molar-refractivity contribution in [1.29, 1.82) is 0 Å². The van der Waals surface area contributed by atoms with Gasteiger partial charge in [0.1, 0.15) is 0 Å². The highest BCUT2D eigenvalue weighted by Gasteiger charge is 2.06. The fourth-order valence-corrected chi connectivity index (χ4v) is 1.27. The molecule has 1 aromatic rings. The molecule has 0 aliphatic carbocycles. The van der Waals surface area contributed by atoms with Crippen LogP contribution in [0, 0.1) is 5.92 Å². The Bertz CT molecular complexity index is 302. The number of rotatable bonds is 7. The molecule has 2 nitrogen and oxygen atoms in total. The maximum atomic E-state index is 5.73. The molecule has 3 heteroatoms. The predicted molar refractivity (Wildman–Crippen MR) is 67.6 cm³/mol. The zero-order valence-electron chi connectivity index (χ0n) is 9.91. The third-order valence-electron chi connectivity index (χ3n) is 2.10. The minimum absolute atomic E-state index is 0.348. The van der Waals surface area contributed by atoms with Crippen molar-refractivity contribution in [2.45, 2.75) is 20.3 Å². The van der Waals surface area contributed by atoms with Gasteiger partial charge in [-0.05, 0) is 18.6 Å². The van der Waals surface area contributed by atoms with Crippen LogP contribution in [0.1, 0.15) is 20.3 Å². The number of hydrogen-bond donors (Lipinski definition) is 0. The van der Waals surface area contributed by atoms with E-state index in [9.17, 15) is 0 Å². The van der Waals surface area contributed by atoms with Crippen LogP contribution in [0.15, 0.2) is 24.3 Å². The van der Waals surface area contributed by atoms with Crippen molar-refractivity contribution in [3.8, 4) is 11.5 Å². The number of hydrogen-bond acceptors (Lipinski definition) is 2. The summed E-state index contributed by atoms with van der Waals surface area (Å²) in [5, 5.41) is 0. The van der Waals surface area contributed by atoms with Crippen LogP contribution >= 0.6 is 11.6 Å². The quantitative estimate of drug-likeness (QED) is 0.679. The Morgan fingerprint density at radius 1 is 1.19 bits per heavy atom. The second-order valence-electron chi connectivity index (χ2n) is 3.87. The first-order valence-corrected chi connectivity index (χ1v) is 6.22. The lowest BCUT2D eigenvalue weighted by molar-refractivity contribution is 0.245. The molecule has 0 aromatic heterocycles. The first-order chi connectivity index (χ1) is 7.77. The number of alkyl halides is 1. The highest BCUT2D eigenvalue weighted by Crippen LogP contribution is 2.26. The standard InChI is InChI=1S/C13H19ClO2/c1-3-8-15-12-6-4-5-7-13(12)16-10-11(2)9-14/h4-7,11H,3,8-10H2,1-2H3. The molecule has 16 heavy (non-hydrogen) atoms. The van der Waals surface area contributed by atoms with Gasteiger partial charge in [-0.15, -0.1) is 11.6 Å². The van der Waals surface area contributed by atoms with Gasteiger partial charge in [0.2, 0.25) is 0 Å². The zero-order chi connectivity index (χ0) is 11.8. The summed E-state index contributed by atoms with van der Waals surface area (Å²) in [5.41, 5.74) is 0. The fourth-order valence-electron chi connectivity index (χ4n) is 1.18. The maximum absolute atomic E-state index is 5.73. The van der Waals surface area contributed by atoms with E-state index >= 15 is 0 Å². The molecule has 0 aliphatic rings. The average molecular weight is 243 g/mol. The lowest BCUT2D eigenvalue weighted by atomic mass is 10.2. The summed E-state index contributed by atoms with van der Waals surface area (Å²) in [6, 6.07) is 7.74. The average Bonchev–Trinajstić information content (AvgIpc) is 2.34. The van der Waals surface area contributed by atoms with E-state index in [-0.39, 0.29) is 0 Å². The van der Waals surface area contributed by atoms with Gasteiger partial charge < -0.3 is 9.47 Å². The summed E-state index contributed by atoms with van der Waals surface area (Å²) in [4.78, 5) is 0. The van der Waals surface area contributed by atoms with Crippen LogP contribution in [0.5, 0.6) is 11.5 Å². The van der Waals surface area contributed by atoms with Gasteiger partial charge in [0, 0.05) is 11.8 Å². The SMILES string of the molecule is CCCOc1ccccc1OCC(C)CCl. The monoisotopic (exact) mass is 242 g/mol. The minimum atomic E-state index is 0.348. The molecular formula is C13H19ClO2. The van der Waals surface area contributed by atoms with Crippen LogP contribution in [0.4, 0.5) is 0 Å². The van der Waals surface area contributed by atoms with Gasteiger partial charge in [0.05, 0.1) is 13.2 Å². The van der Waals surface area contributed by atoms with Gasteiger partial charge in [0.25, 0.3) is 0 Å². The van der Waals surface area contributed by atoms with Gasteiger partial charge in [0.15, 0.2) is 11.5 Å². The molecule has 0 saturated heterocycles. The van der Waals surface area contributed by atoms with Crippen molar-refractivity contribution in [2.75, 3.05) is 19.1 Å². The Labute approximate surface area is 103 Å². The van der Waals surface area contributed by atoms with E-state index in [4.69, 9.17) is 21.1 Å². The van der Waals surface area contributed by atoms with E-state index in [0.29, 0.717) is 25.0 Å². The Morgan fingerprint density at radius 3 is 2.38 bits per heavy atom. The molecule has 0 radical (unpaired) electrons. The van der Waals surface area contributed by atoms with Gasteiger partial charge in [-0.3, -0.25) is 0 Å². The van der Waals surface area contributed by atoms with Gasteiger partial charge in [-0.1, -0.05) is 26.0 Å². The highest BCUT2D eigenvalue weighted by atomic mass is 35.5. The molecule has 90 valence electrons. The first-order valence-electron chi connectivity index (χ1n) is 5.68. The molecule has 0 aliphatic heterocycles. The van der Waals surface area contributed by atoms with E-state index in [1.165, 1.54) is 0 Å². The molecule has 0 amide bonds. The van der Waals surface area contributed by atoms with Crippen LogP contribution < -0.4 is 9.47 Å². The Hall–Kier alpha value is -0.890. The van der Waals surface area contributed by atoms with Crippen molar-refractivity contribution in [2.24, 2.45) is 5.92 Å². The second kappa shape index (κ2) is 7.39. The second-order valence-corrected chi connectivity index (χ2v) is 4.17. The van der Waals surface area contributed by atoms with E-state index in [1.807, 2.05) is 24.3 Å². The van der Waals surface area contributed by atoms with Crippen LogP contribution in [-0.4, -0.2) is 19.1 Å². The van der Waals surface area contributed by atoms with Gasteiger partial charge >= 0.3 is 0 Å². The summed E-state index contributed by atoms with van der Waals surface area (Å²) in [6.07, 6.45) is 0.992. The third-order valence-corrected chi connectivity index (χ3v) is 2.62. The molecule has 0 fully saturated rings. The molecule has 1 atom stereocenters. The molecule has 1 aromatic carbocycles. The molecule has 1 unspecified atom stereocenters. The van der Waals surface area contributed by atoms with E-state index in [2.05, 4.69) is 13.8 Å². The summed E-state index contributed by atoms with van der Waals surface area (Å²) >= 11 is 5.73. The number of halogens is 1. The fraction of sp³-hybridized carbons (Fsp3) is 0.538. The van der Waals surface area contributed by atoms with Crippen molar-refractivity contribution in [1.82, 2.24) is 0 Å². The predicted octanol–water partition coefficient (Wildman–Crippen LogP) is 3.73. The molecule has 0 saturated carbocycles. The molecule has 0 N–H and O–H groups in total. The Morgan fingerprint density at radius 2 is 1.81 bits per heavy atom. The van der Waals surface area contributed by atoms with Crippen LogP contribution in [0.3, 0.4) is 0 Å². The van der Waals surface area contributed by atoms with Crippen molar-refractivity contribution in [3.63, 3.8) is 0 Å². The third kappa shape index (κ3) is 4.31. The summed E-state index contributed by atoms with van der Waals surface area (Å²) in [6.45, 7) is 5.48. The van der Waals surface area contributed by atoms with Crippen LogP contribution in [-0.2, 0) is 0 Å². The minimum Gasteiger partial charge on any atom is -0.490 e. The largest absolute Gasteiger partial charge is 0.490 e. The number of para-hydroxylation sites is 2. The molecule has 0 bridgehead atoms. The molecule has 1 rings (SSSR count). The van der Waals surface area contributed by atoms with Crippen molar-refractivity contribution in [3.05, 3.63) is 24.3 Å². The van der Waals surface area contributed by atoms with E-state index in [0.717, 1.165) is 17.9 Å². The molecular weight excluding hydrogens is 224 g/mol. The smallest absolute Gasteiger partial charge is 0.161 e. The van der Waals surface area contributed by atoms with Gasteiger partial charge in [-0.25, -0.2) is 0 Å². The Kier molecular flexibility index (Phi) is 6.09. The van der Waals surface area contributed by atoms with Crippen molar-refractivity contribution < 1.29 is 9.47 Å². The first kappa shape index (κ1) is 13.2. The highest BCUT2D eigenvalue weighted by molar-refractivity contribution is 6.18. The topological polar surface area (TPSA) is 18.5 Å². The Balaban J connectivity index is 2.56. The lowest BCUT2D eigenvalue weighted by Gasteiger charge is -2.14. The number of benzene rings is 1. The van der Waals surface area contributed by atoms with Gasteiger partial charge in [-0.2, -0.15) is 0 Å². The van der Waals surface area contributed by atoms with E-state index < -0.39 is 0 Å². The summed E-state index contributed by atoms with van der Waals surface area (Å²) in [7, 11) is 0. The summed E-state index contributed by atoms with van der Waals surface area (Å²) < 4.78 is 11.3. The van der Waals surface area contributed by atoms with Crippen molar-refractivity contribution >= 4 is 11.6 Å². The summed E-state index contributed by atoms with van der Waals surface area (Å²) in [5.74, 6) is 2.57. The normalized spacial score (nSPS) is 12.2. The van der Waals surface area contributed by atoms with Crippen LogP contribution in [0.2, 0.25) is 0 Å². The van der Waals surface area contributed by atoms with Crippen LogP contribution in [0.25, 0.3) is 0 Å².